The molecule has 0 aliphatic carbocycles. The topological polar surface area (TPSA) is 102 Å². The number of alkyl halides is 3. The third kappa shape index (κ3) is 4.97. The molecule has 0 radical (unpaired) electrons. The van der Waals surface area contributed by atoms with E-state index in [1.165, 1.54) is 25.3 Å². The van der Waals surface area contributed by atoms with Gasteiger partial charge in [-0.3, -0.25) is 14.9 Å². The molecule has 12 heteroatoms. The highest BCUT2D eigenvalue weighted by Crippen LogP contribution is 2.28. The first kappa shape index (κ1) is 20.0. The summed E-state index contributed by atoms with van der Waals surface area (Å²) in [5.41, 5.74) is -0.0990. The molecular formula is C17H13F4N5O3. The maximum atomic E-state index is 13.5. The molecule has 0 aliphatic heterocycles. The van der Waals surface area contributed by atoms with E-state index in [9.17, 15) is 22.4 Å². The van der Waals surface area contributed by atoms with Crippen LogP contribution < -0.4 is 14.8 Å². The number of amides is 1. The molecule has 2 aromatic heterocycles. The second-order valence-corrected chi connectivity index (χ2v) is 5.55. The van der Waals surface area contributed by atoms with Gasteiger partial charge in [0.25, 0.3) is 5.91 Å². The normalized spacial score (nSPS) is 11.2. The molecule has 3 rings (SSSR count). The Balaban J connectivity index is 1.73. The number of halogens is 4. The SMILES string of the molecule is COc1ccc(F)cc1-c1nc(CNC(=O)c2cnccc2OC(F)(F)F)n[nH]1. The minimum absolute atomic E-state index is 0.113. The minimum Gasteiger partial charge on any atom is -0.496 e. The molecule has 0 aliphatic rings. The van der Waals surface area contributed by atoms with Crippen molar-refractivity contribution in [2.24, 2.45) is 0 Å². The molecule has 1 amide bonds. The van der Waals surface area contributed by atoms with E-state index in [1.807, 2.05) is 0 Å². The van der Waals surface area contributed by atoms with Crippen LogP contribution in [0.5, 0.6) is 11.5 Å². The Bertz CT molecular complexity index is 1020. The van der Waals surface area contributed by atoms with E-state index in [4.69, 9.17) is 4.74 Å². The number of pyridine rings is 1. The smallest absolute Gasteiger partial charge is 0.496 e. The van der Waals surface area contributed by atoms with Crippen LogP contribution in [-0.2, 0) is 6.54 Å². The summed E-state index contributed by atoms with van der Waals surface area (Å²) >= 11 is 0. The fourth-order valence-electron chi connectivity index (χ4n) is 2.38. The second kappa shape index (κ2) is 8.12. The van der Waals surface area contributed by atoms with E-state index in [2.05, 4.69) is 30.2 Å². The first-order chi connectivity index (χ1) is 13.8. The molecule has 29 heavy (non-hydrogen) atoms. The van der Waals surface area contributed by atoms with Crippen molar-refractivity contribution in [2.75, 3.05) is 7.11 Å². The summed E-state index contributed by atoms with van der Waals surface area (Å²) in [6.07, 6.45) is -2.96. The number of carbonyl (C=O) groups excluding carboxylic acids is 1. The Kier molecular flexibility index (Phi) is 5.61. The zero-order valence-electron chi connectivity index (χ0n) is 14.7. The number of aromatic amines is 1. The molecule has 0 spiro atoms. The molecule has 0 bridgehead atoms. The van der Waals surface area contributed by atoms with Crippen molar-refractivity contribution < 1.29 is 31.8 Å². The second-order valence-electron chi connectivity index (χ2n) is 5.55. The molecule has 1 aromatic carbocycles. The van der Waals surface area contributed by atoms with E-state index in [1.54, 1.807) is 0 Å². The molecule has 8 nitrogen and oxygen atoms in total. The van der Waals surface area contributed by atoms with Crippen molar-refractivity contribution in [3.63, 3.8) is 0 Å². The van der Waals surface area contributed by atoms with Crippen molar-refractivity contribution in [1.29, 1.82) is 0 Å². The lowest BCUT2D eigenvalue weighted by Gasteiger charge is -2.12. The van der Waals surface area contributed by atoms with Crippen molar-refractivity contribution in [3.05, 3.63) is 53.9 Å². The summed E-state index contributed by atoms with van der Waals surface area (Å²) in [4.78, 5) is 20.0. The largest absolute Gasteiger partial charge is 0.573 e. The van der Waals surface area contributed by atoms with Crippen molar-refractivity contribution in [3.8, 4) is 22.9 Å². The number of ether oxygens (including phenoxy) is 2. The molecule has 2 heterocycles. The van der Waals surface area contributed by atoms with Gasteiger partial charge >= 0.3 is 6.36 Å². The monoisotopic (exact) mass is 411 g/mol. The van der Waals surface area contributed by atoms with Crippen molar-refractivity contribution >= 4 is 5.91 Å². The van der Waals surface area contributed by atoms with Crippen LogP contribution in [0.1, 0.15) is 16.2 Å². The molecule has 0 atom stereocenters. The number of nitrogens with zero attached hydrogens (tertiary/aromatic N) is 3. The molecule has 0 saturated carbocycles. The quantitative estimate of drug-likeness (QED) is 0.605. The van der Waals surface area contributed by atoms with Gasteiger partial charge in [-0.2, -0.15) is 5.10 Å². The molecule has 152 valence electrons. The van der Waals surface area contributed by atoms with Gasteiger partial charge in [-0.25, -0.2) is 9.37 Å². The maximum Gasteiger partial charge on any atom is 0.573 e. The number of carbonyl (C=O) groups is 1. The average Bonchev–Trinajstić information content (AvgIpc) is 3.14. The van der Waals surface area contributed by atoms with Gasteiger partial charge in [0, 0.05) is 12.4 Å². The van der Waals surface area contributed by atoms with Gasteiger partial charge in [0.15, 0.2) is 11.6 Å². The predicted molar refractivity (Wildman–Crippen MR) is 90.4 cm³/mol. The van der Waals surface area contributed by atoms with Gasteiger partial charge in [0.05, 0.1) is 24.8 Å². The Hall–Kier alpha value is -3.70. The number of methoxy groups -OCH3 is 1. The van der Waals surface area contributed by atoms with Crippen LogP contribution in [-0.4, -0.2) is 39.5 Å². The van der Waals surface area contributed by atoms with Gasteiger partial charge in [0.2, 0.25) is 0 Å². The third-order valence-electron chi connectivity index (χ3n) is 3.61. The highest BCUT2D eigenvalue weighted by atomic mass is 19.4. The highest BCUT2D eigenvalue weighted by Gasteiger charge is 2.33. The van der Waals surface area contributed by atoms with Crippen molar-refractivity contribution in [2.45, 2.75) is 12.9 Å². The van der Waals surface area contributed by atoms with Gasteiger partial charge in [-0.15, -0.1) is 13.2 Å². The van der Waals surface area contributed by atoms with E-state index < -0.39 is 29.4 Å². The molecular weight excluding hydrogens is 398 g/mol. The lowest BCUT2D eigenvalue weighted by Crippen LogP contribution is -2.26. The summed E-state index contributed by atoms with van der Waals surface area (Å²) in [6.45, 7) is -0.215. The first-order valence-electron chi connectivity index (χ1n) is 8.00. The van der Waals surface area contributed by atoms with Crippen LogP contribution in [0.2, 0.25) is 0 Å². The zero-order valence-corrected chi connectivity index (χ0v) is 14.7. The van der Waals surface area contributed by atoms with E-state index >= 15 is 0 Å². The lowest BCUT2D eigenvalue weighted by atomic mass is 10.2. The van der Waals surface area contributed by atoms with Crippen LogP contribution in [0.4, 0.5) is 17.6 Å². The summed E-state index contributed by atoms with van der Waals surface area (Å²) in [7, 11) is 1.41. The molecule has 0 fully saturated rings. The number of benzene rings is 1. The summed E-state index contributed by atoms with van der Waals surface area (Å²) in [5, 5.41) is 8.84. The molecule has 0 saturated heterocycles. The number of H-pyrrole nitrogens is 1. The maximum absolute atomic E-state index is 13.5. The molecule has 3 aromatic rings. The predicted octanol–water partition coefficient (Wildman–Crippen LogP) is 2.84. The van der Waals surface area contributed by atoms with Crippen LogP contribution in [0, 0.1) is 5.82 Å². The Morgan fingerprint density at radius 1 is 1.24 bits per heavy atom. The number of rotatable bonds is 6. The summed E-state index contributed by atoms with van der Waals surface area (Å²) in [5.74, 6) is -1.42. The fourth-order valence-corrected chi connectivity index (χ4v) is 2.38. The third-order valence-corrected chi connectivity index (χ3v) is 3.61. The van der Waals surface area contributed by atoms with E-state index in [-0.39, 0.29) is 18.2 Å². The Morgan fingerprint density at radius 2 is 2.03 bits per heavy atom. The van der Waals surface area contributed by atoms with E-state index in [0.717, 1.165) is 18.5 Å². The van der Waals surface area contributed by atoms with Gasteiger partial charge in [-0.1, -0.05) is 0 Å². The van der Waals surface area contributed by atoms with Crippen LogP contribution in [0.15, 0.2) is 36.7 Å². The number of aromatic nitrogens is 4. The van der Waals surface area contributed by atoms with Crippen LogP contribution >= 0.6 is 0 Å². The summed E-state index contributed by atoms with van der Waals surface area (Å²) < 4.78 is 59.8. The average molecular weight is 411 g/mol. The number of nitrogens with one attached hydrogen (secondary N) is 2. The fraction of sp³-hybridized carbons (Fsp3) is 0.176. The van der Waals surface area contributed by atoms with Crippen LogP contribution in [0.3, 0.4) is 0 Å². The van der Waals surface area contributed by atoms with Gasteiger partial charge < -0.3 is 14.8 Å². The number of hydrogen-bond donors (Lipinski definition) is 2. The van der Waals surface area contributed by atoms with Crippen molar-refractivity contribution in [1.82, 2.24) is 25.5 Å². The minimum atomic E-state index is -4.96. The van der Waals surface area contributed by atoms with Crippen LogP contribution in [0.25, 0.3) is 11.4 Å². The van der Waals surface area contributed by atoms with Gasteiger partial charge in [-0.05, 0) is 24.3 Å². The molecule has 0 unspecified atom stereocenters. The highest BCUT2D eigenvalue weighted by molar-refractivity contribution is 5.96. The summed E-state index contributed by atoms with van der Waals surface area (Å²) in [6, 6.07) is 4.75. The van der Waals surface area contributed by atoms with Gasteiger partial charge in [0.1, 0.15) is 17.3 Å². The van der Waals surface area contributed by atoms with E-state index in [0.29, 0.717) is 11.3 Å². The zero-order chi connectivity index (χ0) is 21.0. The first-order valence-corrected chi connectivity index (χ1v) is 8.00. The Morgan fingerprint density at radius 3 is 2.76 bits per heavy atom. The standard InChI is InChI=1S/C17H13F4N5O3/c1-28-12-3-2-9(18)6-10(12)15-24-14(25-26-15)8-23-16(27)11-7-22-5-4-13(11)29-17(19,20)21/h2-7H,8H2,1H3,(H,23,27)(H,24,25,26). The number of hydrogen-bond acceptors (Lipinski definition) is 6. The lowest BCUT2D eigenvalue weighted by molar-refractivity contribution is -0.274. The Labute approximate surface area is 160 Å². The molecule has 2 N–H and O–H groups in total.